The number of carbonyl (C=O) groups is 1. The fraction of sp³-hybridized carbons (Fsp3) is 0.533. The molecular weight excluding hydrogens is 256 g/mol. The summed E-state index contributed by atoms with van der Waals surface area (Å²) in [5, 5.41) is 16.5. The van der Waals surface area contributed by atoms with Crippen LogP contribution in [-0.4, -0.2) is 24.7 Å². The molecule has 0 saturated carbocycles. The maximum absolute atomic E-state index is 11.8. The van der Waals surface area contributed by atoms with Gasteiger partial charge in [-0.05, 0) is 6.42 Å². The Balaban J connectivity index is 2.61. The molecule has 0 unspecified atom stereocenters. The molecule has 1 aliphatic heterocycles. The van der Waals surface area contributed by atoms with Gasteiger partial charge in [-0.3, -0.25) is 4.79 Å². The van der Waals surface area contributed by atoms with Gasteiger partial charge in [-0.25, -0.2) is 0 Å². The highest BCUT2D eigenvalue weighted by molar-refractivity contribution is 5.99. The molecule has 1 aromatic rings. The summed E-state index contributed by atoms with van der Waals surface area (Å²) in [6.45, 7) is 6.73. The number of phenolic OH excluding ortho intramolecular Hbond substituents is 1. The highest BCUT2D eigenvalue weighted by Crippen LogP contribution is 2.50. The topological polar surface area (TPSA) is 70.6 Å². The second-order valence-electron chi connectivity index (χ2n) is 5.76. The van der Waals surface area contributed by atoms with E-state index in [4.69, 9.17) is 4.74 Å². The number of amides is 1. The minimum absolute atomic E-state index is 0.0607. The van der Waals surface area contributed by atoms with Crippen LogP contribution in [0.2, 0.25) is 0 Å². The van der Waals surface area contributed by atoms with Gasteiger partial charge in [0.15, 0.2) is 0 Å². The van der Waals surface area contributed by atoms with Gasteiger partial charge < -0.3 is 20.5 Å². The lowest BCUT2D eigenvalue weighted by molar-refractivity contribution is -0.117. The van der Waals surface area contributed by atoms with Crippen LogP contribution in [0.25, 0.3) is 0 Å². The number of aromatic hydroxyl groups is 1. The van der Waals surface area contributed by atoms with E-state index in [0.29, 0.717) is 23.5 Å². The Bertz CT molecular complexity index is 538. The quantitative estimate of drug-likeness (QED) is 0.741. The Hall–Kier alpha value is -1.91. The molecule has 110 valence electrons. The van der Waals surface area contributed by atoms with E-state index in [0.717, 1.165) is 18.5 Å². The molecule has 5 nitrogen and oxygen atoms in total. The van der Waals surface area contributed by atoms with Crippen molar-refractivity contribution < 1.29 is 14.6 Å². The van der Waals surface area contributed by atoms with Crippen LogP contribution >= 0.6 is 0 Å². The lowest BCUT2D eigenvalue weighted by Crippen LogP contribution is -2.33. The number of hydrogen-bond donors (Lipinski definition) is 3. The van der Waals surface area contributed by atoms with Gasteiger partial charge >= 0.3 is 0 Å². The highest BCUT2D eigenvalue weighted by atomic mass is 16.5. The summed E-state index contributed by atoms with van der Waals surface area (Å²) in [4.78, 5) is 11.8. The first kappa shape index (κ1) is 14.5. The van der Waals surface area contributed by atoms with Crippen molar-refractivity contribution in [3.05, 3.63) is 11.6 Å². The van der Waals surface area contributed by atoms with E-state index in [1.807, 2.05) is 13.8 Å². The first-order valence-electron chi connectivity index (χ1n) is 6.89. The van der Waals surface area contributed by atoms with Crippen LogP contribution in [0.4, 0.5) is 11.4 Å². The summed E-state index contributed by atoms with van der Waals surface area (Å²) in [5.74, 6) is 0.700. The molecule has 3 N–H and O–H groups in total. The van der Waals surface area contributed by atoms with Gasteiger partial charge in [0.1, 0.15) is 11.5 Å². The van der Waals surface area contributed by atoms with Gasteiger partial charge in [-0.1, -0.05) is 20.8 Å². The number of rotatable bonds is 4. The number of phenols is 1. The Kier molecular flexibility index (Phi) is 3.79. The van der Waals surface area contributed by atoms with Crippen LogP contribution in [0.15, 0.2) is 6.07 Å². The predicted octanol–water partition coefficient (Wildman–Crippen LogP) is 2.84. The molecule has 0 aliphatic carbocycles. The van der Waals surface area contributed by atoms with E-state index in [2.05, 4.69) is 17.6 Å². The largest absolute Gasteiger partial charge is 0.505 e. The lowest BCUT2D eigenvalue weighted by Gasteiger charge is -2.34. The first-order valence-corrected chi connectivity index (χ1v) is 6.89. The van der Waals surface area contributed by atoms with Gasteiger partial charge in [-0.15, -0.1) is 0 Å². The summed E-state index contributed by atoms with van der Waals surface area (Å²) < 4.78 is 5.36. The van der Waals surface area contributed by atoms with Gasteiger partial charge in [0, 0.05) is 30.0 Å². The lowest BCUT2D eigenvalue weighted by atomic mass is 9.77. The van der Waals surface area contributed by atoms with E-state index < -0.39 is 5.41 Å². The van der Waals surface area contributed by atoms with Crippen LogP contribution in [0.1, 0.15) is 39.2 Å². The second-order valence-corrected chi connectivity index (χ2v) is 5.76. The normalized spacial score (nSPS) is 16.3. The molecule has 0 saturated heterocycles. The van der Waals surface area contributed by atoms with E-state index in [1.165, 1.54) is 0 Å². The summed E-state index contributed by atoms with van der Waals surface area (Å²) >= 11 is 0. The zero-order valence-corrected chi connectivity index (χ0v) is 12.5. The number of methoxy groups -OCH3 is 1. The molecule has 0 aromatic heterocycles. The van der Waals surface area contributed by atoms with Crippen LogP contribution in [-0.2, 0) is 10.2 Å². The molecule has 20 heavy (non-hydrogen) atoms. The van der Waals surface area contributed by atoms with Crippen molar-refractivity contribution in [1.29, 1.82) is 0 Å². The number of hydrogen-bond acceptors (Lipinski definition) is 4. The van der Waals surface area contributed by atoms with Gasteiger partial charge in [0.25, 0.3) is 0 Å². The molecule has 0 fully saturated rings. The Morgan fingerprint density at radius 2 is 2.20 bits per heavy atom. The van der Waals surface area contributed by atoms with Gasteiger partial charge in [0.05, 0.1) is 18.5 Å². The molecule has 5 heteroatoms. The van der Waals surface area contributed by atoms with Crippen LogP contribution in [0, 0.1) is 0 Å². The van der Waals surface area contributed by atoms with Crippen LogP contribution in [0.5, 0.6) is 11.5 Å². The van der Waals surface area contributed by atoms with Crippen LogP contribution < -0.4 is 15.4 Å². The molecule has 1 aliphatic rings. The first-order chi connectivity index (χ1) is 9.40. The SMILES string of the molecule is CCCNc1cc(OC)c2c(c1O)C(C)(C)CC(=O)N2. The van der Waals surface area contributed by atoms with Crippen molar-refractivity contribution in [3.8, 4) is 11.5 Å². The molecule has 0 atom stereocenters. The number of benzene rings is 1. The third kappa shape index (κ3) is 2.40. The van der Waals surface area contributed by atoms with Crippen molar-refractivity contribution in [1.82, 2.24) is 0 Å². The van der Waals surface area contributed by atoms with Gasteiger partial charge in [0.2, 0.25) is 5.91 Å². The third-order valence-corrected chi connectivity index (χ3v) is 3.59. The summed E-state index contributed by atoms with van der Waals surface area (Å²) in [5.41, 5.74) is 1.52. The van der Waals surface area contributed by atoms with E-state index in [9.17, 15) is 9.90 Å². The Labute approximate surface area is 119 Å². The number of fused-ring (bicyclic) bond motifs is 1. The smallest absolute Gasteiger partial charge is 0.225 e. The van der Waals surface area contributed by atoms with Gasteiger partial charge in [-0.2, -0.15) is 0 Å². The molecule has 2 rings (SSSR count). The van der Waals surface area contributed by atoms with Crippen molar-refractivity contribution in [2.75, 3.05) is 24.3 Å². The summed E-state index contributed by atoms with van der Waals surface area (Å²) in [6.07, 6.45) is 1.30. The minimum Gasteiger partial charge on any atom is -0.505 e. The maximum Gasteiger partial charge on any atom is 0.225 e. The summed E-state index contributed by atoms with van der Waals surface area (Å²) in [7, 11) is 1.56. The standard InChI is InChI=1S/C15H22N2O3/c1-5-6-16-9-7-10(20-4)13-12(14(9)19)15(2,3)8-11(18)17-13/h7,16,19H,5-6,8H2,1-4H3,(H,17,18). The average Bonchev–Trinajstić information content (AvgIpc) is 2.36. The molecular formula is C15H22N2O3. The van der Waals surface area contributed by atoms with E-state index in [1.54, 1.807) is 13.2 Å². The molecule has 0 bridgehead atoms. The highest BCUT2D eigenvalue weighted by Gasteiger charge is 2.37. The fourth-order valence-corrected chi connectivity index (χ4v) is 2.66. The van der Waals surface area contributed by atoms with Crippen molar-refractivity contribution >= 4 is 17.3 Å². The summed E-state index contributed by atoms with van der Waals surface area (Å²) in [6, 6.07) is 1.73. The fourth-order valence-electron chi connectivity index (χ4n) is 2.66. The second kappa shape index (κ2) is 5.23. The molecule has 1 amide bonds. The average molecular weight is 278 g/mol. The van der Waals surface area contributed by atoms with E-state index in [-0.39, 0.29) is 11.7 Å². The minimum atomic E-state index is -0.432. The Morgan fingerprint density at radius 3 is 2.80 bits per heavy atom. The third-order valence-electron chi connectivity index (χ3n) is 3.59. The number of anilines is 2. The molecule has 1 heterocycles. The van der Waals surface area contributed by atoms with Crippen molar-refractivity contribution in [2.24, 2.45) is 0 Å². The number of nitrogens with one attached hydrogen (secondary N) is 2. The zero-order valence-electron chi connectivity index (χ0n) is 12.5. The van der Waals surface area contributed by atoms with Crippen LogP contribution in [0.3, 0.4) is 0 Å². The molecule has 0 spiro atoms. The molecule has 0 radical (unpaired) electrons. The molecule has 1 aromatic carbocycles. The van der Waals surface area contributed by atoms with Crippen molar-refractivity contribution in [2.45, 2.75) is 39.0 Å². The number of ether oxygens (including phenoxy) is 1. The van der Waals surface area contributed by atoms with E-state index >= 15 is 0 Å². The monoisotopic (exact) mass is 278 g/mol. The Morgan fingerprint density at radius 1 is 1.50 bits per heavy atom. The predicted molar refractivity (Wildman–Crippen MR) is 79.7 cm³/mol. The van der Waals surface area contributed by atoms with Crippen molar-refractivity contribution in [3.63, 3.8) is 0 Å². The zero-order chi connectivity index (χ0) is 14.9. The maximum atomic E-state index is 11.8. The number of carbonyl (C=O) groups excluding carboxylic acids is 1.